The molecule has 0 aliphatic heterocycles. The molecule has 2 aromatic heterocycles. The van der Waals surface area contributed by atoms with Gasteiger partial charge in [0.25, 0.3) is 5.91 Å². The molecule has 6 aromatic rings. The molecule has 2 N–H and O–H groups in total. The van der Waals surface area contributed by atoms with Gasteiger partial charge < -0.3 is 10.4 Å². The van der Waals surface area contributed by atoms with E-state index in [1.807, 2.05) is 36.7 Å². The fourth-order valence-electron chi connectivity index (χ4n) is 4.90. The molecule has 192 valence electrons. The van der Waals surface area contributed by atoms with Crippen molar-refractivity contribution in [1.82, 2.24) is 9.69 Å². The largest absolute Gasteiger partial charge is 0.478 e. The number of carbonyl (C=O) groups is 2. The fraction of sp³-hybridized carbons (Fsp3) is 0.0938. The summed E-state index contributed by atoms with van der Waals surface area (Å²) in [6.45, 7) is 1.90. The second-order valence-corrected chi connectivity index (χ2v) is 11.1. The zero-order valence-corrected chi connectivity index (χ0v) is 22.7. The first-order chi connectivity index (χ1) is 19.0. The molecule has 7 heteroatoms. The van der Waals surface area contributed by atoms with Gasteiger partial charge in [0.2, 0.25) is 0 Å². The number of thiophene rings is 1. The number of hydrogen-bond acceptors (Lipinski definition) is 5. The molecule has 0 saturated carbocycles. The monoisotopic (exact) mass is 548 g/mol. The van der Waals surface area contributed by atoms with Crippen LogP contribution in [0.1, 0.15) is 50.4 Å². The molecule has 1 amide bonds. The van der Waals surface area contributed by atoms with Crippen LogP contribution in [-0.4, -0.2) is 21.4 Å². The molecule has 5 nitrogen and oxygen atoms in total. The summed E-state index contributed by atoms with van der Waals surface area (Å²) >= 11 is 3.03. The van der Waals surface area contributed by atoms with Gasteiger partial charge in [-0.15, -0.1) is 11.3 Å². The Labute approximate surface area is 233 Å². The van der Waals surface area contributed by atoms with Crippen molar-refractivity contribution in [1.29, 1.82) is 0 Å². The highest BCUT2D eigenvalue weighted by Crippen LogP contribution is 2.36. The van der Waals surface area contributed by atoms with Crippen LogP contribution in [0.3, 0.4) is 0 Å². The van der Waals surface area contributed by atoms with Crippen molar-refractivity contribution in [3.63, 3.8) is 0 Å². The van der Waals surface area contributed by atoms with Crippen LogP contribution in [0, 0.1) is 0 Å². The normalized spacial score (nSPS) is 12.0. The van der Waals surface area contributed by atoms with E-state index in [9.17, 15) is 14.7 Å². The molecule has 4 aromatic carbocycles. The predicted octanol–water partition coefficient (Wildman–Crippen LogP) is 7.96. The van der Waals surface area contributed by atoms with Gasteiger partial charge in [-0.05, 0) is 87.5 Å². The zero-order valence-electron chi connectivity index (χ0n) is 21.0. The number of nitrogens with zero attached hydrogens (tertiary/aromatic N) is 1. The fourth-order valence-corrected chi connectivity index (χ4v) is 6.47. The number of aromatic carboxylic acids is 1. The van der Waals surface area contributed by atoms with E-state index >= 15 is 0 Å². The summed E-state index contributed by atoms with van der Waals surface area (Å²) in [6, 6.07) is 25.2. The molecule has 0 saturated heterocycles. The first-order valence-electron chi connectivity index (χ1n) is 12.5. The number of carboxylic acid groups (broad SMARTS) is 1. The van der Waals surface area contributed by atoms with Gasteiger partial charge in [-0.1, -0.05) is 54.6 Å². The van der Waals surface area contributed by atoms with Crippen molar-refractivity contribution in [2.75, 3.05) is 0 Å². The predicted molar refractivity (Wildman–Crippen MR) is 159 cm³/mol. The number of carboxylic acids is 1. The number of rotatable bonds is 7. The molecular formula is C32H24N2O3S2. The molecule has 0 bridgehead atoms. The Kier molecular flexibility index (Phi) is 6.69. The lowest BCUT2D eigenvalue weighted by molar-refractivity contribution is 0.0696. The Morgan fingerprint density at radius 3 is 2.46 bits per heavy atom. The summed E-state index contributed by atoms with van der Waals surface area (Å²) in [6.07, 6.45) is 2.54. The van der Waals surface area contributed by atoms with Crippen LogP contribution < -0.4 is 5.32 Å². The molecule has 0 fully saturated rings. The van der Waals surface area contributed by atoms with Gasteiger partial charge in [-0.25, -0.2) is 9.17 Å². The molecule has 6 rings (SSSR count). The molecule has 2 heterocycles. The van der Waals surface area contributed by atoms with E-state index in [1.165, 1.54) is 27.9 Å². The van der Waals surface area contributed by atoms with Gasteiger partial charge in [0.15, 0.2) is 0 Å². The number of hydrogen-bond donors (Lipinski definition) is 2. The third-order valence-electron chi connectivity index (χ3n) is 6.98. The summed E-state index contributed by atoms with van der Waals surface area (Å²) in [5, 5.41) is 19.8. The molecule has 0 radical (unpaired) electrons. The Morgan fingerprint density at radius 1 is 0.923 bits per heavy atom. The highest BCUT2D eigenvalue weighted by molar-refractivity contribution is 7.17. The maximum atomic E-state index is 13.8. The lowest BCUT2D eigenvalue weighted by atomic mass is 9.96. The van der Waals surface area contributed by atoms with Gasteiger partial charge in [0.1, 0.15) is 0 Å². The first-order valence-corrected chi connectivity index (χ1v) is 14.2. The van der Waals surface area contributed by atoms with Gasteiger partial charge in [0, 0.05) is 32.8 Å². The van der Waals surface area contributed by atoms with E-state index in [-0.39, 0.29) is 17.5 Å². The van der Waals surface area contributed by atoms with E-state index < -0.39 is 5.97 Å². The average molecular weight is 549 g/mol. The van der Waals surface area contributed by atoms with Crippen molar-refractivity contribution in [2.24, 2.45) is 0 Å². The molecule has 0 unspecified atom stereocenters. The van der Waals surface area contributed by atoms with E-state index in [0.717, 1.165) is 38.8 Å². The van der Waals surface area contributed by atoms with Crippen molar-refractivity contribution < 1.29 is 14.7 Å². The molecule has 39 heavy (non-hydrogen) atoms. The minimum atomic E-state index is -0.975. The maximum absolute atomic E-state index is 13.8. The number of nitrogens with one attached hydrogen (secondary N) is 1. The molecule has 0 aliphatic carbocycles. The van der Waals surface area contributed by atoms with Gasteiger partial charge in [-0.3, -0.25) is 4.79 Å². The highest BCUT2D eigenvalue weighted by Gasteiger charge is 2.20. The van der Waals surface area contributed by atoms with Crippen LogP contribution in [0.25, 0.3) is 32.0 Å². The minimum Gasteiger partial charge on any atom is -0.478 e. The second kappa shape index (κ2) is 10.4. The van der Waals surface area contributed by atoms with E-state index in [0.29, 0.717) is 5.56 Å². The van der Waals surface area contributed by atoms with Crippen LogP contribution in [0.15, 0.2) is 95.8 Å². The first kappa shape index (κ1) is 25.0. The van der Waals surface area contributed by atoms with Gasteiger partial charge >= 0.3 is 5.97 Å². The SMILES string of the molecule is C[C@H](NC(=O)c1cc(-c2cnsc2)cc2scc(Cc3ccc4ccccc4c3)c12)c1ccc(C(=O)O)cc1. The smallest absolute Gasteiger partial charge is 0.335 e. The molecule has 0 spiro atoms. The minimum absolute atomic E-state index is 0.169. The third kappa shape index (κ3) is 5.06. The summed E-state index contributed by atoms with van der Waals surface area (Å²) in [7, 11) is 0. The van der Waals surface area contributed by atoms with Crippen LogP contribution in [0.4, 0.5) is 0 Å². The zero-order chi connectivity index (χ0) is 26.9. The second-order valence-electron chi connectivity index (χ2n) is 9.55. The lowest BCUT2D eigenvalue weighted by Crippen LogP contribution is -2.27. The Balaban J connectivity index is 1.38. The standard InChI is InChI=1S/C32H24N2O3S2/c1-19(21-8-10-23(11-9-21)32(36)37)34-31(35)28-14-25(27-16-33-39-18-27)15-29-30(28)26(17-38-29)13-20-6-7-22-4-2-3-5-24(22)12-20/h2-12,14-19H,13H2,1H3,(H,34,35)(H,36,37)/t19-/m0/s1. The van der Waals surface area contributed by atoms with Gasteiger partial charge in [-0.2, -0.15) is 0 Å². The number of benzene rings is 4. The van der Waals surface area contributed by atoms with E-state index in [4.69, 9.17) is 0 Å². The average Bonchev–Trinajstić information content (AvgIpc) is 3.63. The Bertz CT molecular complexity index is 1820. The van der Waals surface area contributed by atoms with Crippen molar-refractivity contribution >= 4 is 55.6 Å². The summed E-state index contributed by atoms with van der Waals surface area (Å²) in [5.74, 6) is -1.14. The maximum Gasteiger partial charge on any atom is 0.335 e. The van der Waals surface area contributed by atoms with Crippen molar-refractivity contribution in [3.05, 3.63) is 124 Å². The van der Waals surface area contributed by atoms with Gasteiger partial charge in [0.05, 0.1) is 11.6 Å². The van der Waals surface area contributed by atoms with Crippen LogP contribution in [-0.2, 0) is 6.42 Å². The molecular weight excluding hydrogens is 524 g/mol. The van der Waals surface area contributed by atoms with E-state index in [2.05, 4.69) is 51.5 Å². The number of amides is 1. The van der Waals surface area contributed by atoms with Crippen molar-refractivity contribution in [2.45, 2.75) is 19.4 Å². The number of fused-ring (bicyclic) bond motifs is 2. The van der Waals surface area contributed by atoms with Crippen molar-refractivity contribution in [3.8, 4) is 11.1 Å². The molecule has 1 atom stereocenters. The number of carbonyl (C=O) groups excluding carboxylic acids is 1. The number of aromatic nitrogens is 1. The Hall–Kier alpha value is -4.33. The Morgan fingerprint density at radius 2 is 1.72 bits per heavy atom. The summed E-state index contributed by atoms with van der Waals surface area (Å²) < 4.78 is 5.30. The highest BCUT2D eigenvalue weighted by atomic mass is 32.1. The van der Waals surface area contributed by atoms with Crippen LogP contribution in [0.2, 0.25) is 0 Å². The third-order valence-corrected chi connectivity index (χ3v) is 8.54. The van der Waals surface area contributed by atoms with E-state index in [1.54, 1.807) is 35.6 Å². The summed E-state index contributed by atoms with van der Waals surface area (Å²) in [4.78, 5) is 25.0. The molecule has 0 aliphatic rings. The summed E-state index contributed by atoms with van der Waals surface area (Å²) in [5.41, 5.74) is 5.93. The topological polar surface area (TPSA) is 79.3 Å². The van der Waals surface area contributed by atoms with Crippen LogP contribution >= 0.6 is 22.9 Å². The van der Waals surface area contributed by atoms with Crippen LogP contribution in [0.5, 0.6) is 0 Å². The quantitative estimate of drug-likeness (QED) is 0.212. The lowest BCUT2D eigenvalue weighted by Gasteiger charge is -2.16.